The van der Waals surface area contributed by atoms with E-state index in [4.69, 9.17) is 41.2 Å². The van der Waals surface area contributed by atoms with Gasteiger partial charge in [-0.2, -0.15) is 5.10 Å². The van der Waals surface area contributed by atoms with Crippen LogP contribution >= 0.6 is 35.4 Å². The fourth-order valence-corrected chi connectivity index (χ4v) is 2.16. The van der Waals surface area contributed by atoms with Gasteiger partial charge in [-0.3, -0.25) is 0 Å². The van der Waals surface area contributed by atoms with Crippen molar-refractivity contribution < 1.29 is 0 Å². The molecule has 20 heavy (non-hydrogen) atoms. The van der Waals surface area contributed by atoms with Gasteiger partial charge in [-0.25, -0.2) is 4.68 Å². The highest BCUT2D eigenvalue weighted by atomic mass is 35.5. The van der Waals surface area contributed by atoms with E-state index in [1.165, 1.54) is 4.68 Å². The molecule has 8 heteroatoms. The molecule has 0 saturated heterocycles. The first-order valence-corrected chi connectivity index (χ1v) is 6.79. The maximum Gasteiger partial charge on any atom is 0.191 e. The fraction of sp³-hybridized carbons (Fsp3) is 0.167. The number of nitrogens with two attached hydrogens (primary N) is 1. The van der Waals surface area contributed by atoms with Crippen LogP contribution in [0.1, 0.15) is 11.4 Å². The second kappa shape index (κ2) is 5.87. The molecule has 5 nitrogen and oxygen atoms in total. The second-order valence-electron chi connectivity index (χ2n) is 4.07. The van der Waals surface area contributed by atoms with Gasteiger partial charge in [0.05, 0.1) is 16.4 Å². The summed E-state index contributed by atoms with van der Waals surface area (Å²) in [6.07, 6.45) is 0. The van der Waals surface area contributed by atoms with Crippen LogP contribution in [0.2, 0.25) is 10.0 Å². The summed E-state index contributed by atoms with van der Waals surface area (Å²) < 4.78 is 1.44. The molecule has 1 heterocycles. The van der Waals surface area contributed by atoms with Crippen molar-refractivity contribution in [3.8, 4) is 0 Å². The Morgan fingerprint density at radius 2 is 2.00 bits per heavy atom. The first kappa shape index (κ1) is 14.9. The van der Waals surface area contributed by atoms with Crippen molar-refractivity contribution in [2.24, 2.45) is 16.0 Å². The Balaban J connectivity index is 2.42. The van der Waals surface area contributed by atoms with Crippen LogP contribution in [0.3, 0.4) is 0 Å². The van der Waals surface area contributed by atoms with E-state index in [0.717, 1.165) is 5.69 Å². The van der Waals surface area contributed by atoms with Gasteiger partial charge in [-0.05, 0) is 44.3 Å². The third kappa shape index (κ3) is 2.98. The monoisotopic (exact) mass is 327 g/mol. The van der Waals surface area contributed by atoms with Crippen LogP contribution < -0.4 is 5.73 Å². The van der Waals surface area contributed by atoms with Crippen molar-refractivity contribution in [1.29, 1.82) is 0 Å². The summed E-state index contributed by atoms with van der Waals surface area (Å²) in [5.74, 6) is 0. The Morgan fingerprint density at radius 3 is 2.60 bits per heavy atom. The molecule has 1 aromatic heterocycles. The van der Waals surface area contributed by atoms with Gasteiger partial charge in [0.15, 0.2) is 5.11 Å². The number of hydrogen-bond acceptors (Lipinski definition) is 4. The Labute approximate surface area is 131 Å². The molecule has 2 aromatic rings. The standard InChI is InChI=1S/C12H11Cl2N5S/c1-6-11(7(2)19(18-6)12(15)20)17-16-10-5-8(13)3-4-9(10)14/h3-5H,1-2H3,(H2,15,20). The summed E-state index contributed by atoms with van der Waals surface area (Å²) in [5.41, 5.74) is 8.06. The van der Waals surface area contributed by atoms with E-state index < -0.39 is 0 Å². The van der Waals surface area contributed by atoms with E-state index in [9.17, 15) is 0 Å². The van der Waals surface area contributed by atoms with Crippen molar-refractivity contribution >= 4 is 51.9 Å². The number of hydrogen-bond donors (Lipinski definition) is 1. The Morgan fingerprint density at radius 1 is 1.30 bits per heavy atom. The molecule has 2 rings (SSSR count). The van der Waals surface area contributed by atoms with Crippen LogP contribution in [-0.4, -0.2) is 14.9 Å². The highest BCUT2D eigenvalue weighted by Crippen LogP contribution is 2.31. The molecule has 0 amide bonds. The van der Waals surface area contributed by atoms with Gasteiger partial charge in [0, 0.05) is 5.02 Å². The van der Waals surface area contributed by atoms with Gasteiger partial charge in [-0.15, -0.1) is 10.2 Å². The third-order valence-corrected chi connectivity index (χ3v) is 3.36. The van der Waals surface area contributed by atoms with E-state index in [0.29, 0.717) is 27.1 Å². The molecule has 0 aliphatic rings. The largest absolute Gasteiger partial charge is 0.374 e. The van der Waals surface area contributed by atoms with Gasteiger partial charge in [0.25, 0.3) is 0 Å². The molecule has 1 aromatic carbocycles. The van der Waals surface area contributed by atoms with E-state index in [2.05, 4.69) is 15.3 Å². The lowest BCUT2D eigenvalue weighted by Crippen LogP contribution is -2.21. The van der Waals surface area contributed by atoms with E-state index in [-0.39, 0.29) is 5.11 Å². The Hall–Kier alpha value is -1.50. The summed E-state index contributed by atoms with van der Waals surface area (Å²) in [6.45, 7) is 3.61. The number of aromatic nitrogens is 2. The van der Waals surface area contributed by atoms with Gasteiger partial charge in [0.2, 0.25) is 0 Å². The van der Waals surface area contributed by atoms with Gasteiger partial charge < -0.3 is 5.73 Å². The van der Waals surface area contributed by atoms with Crippen molar-refractivity contribution in [2.45, 2.75) is 13.8 Å². The summed E-state index contributed by atoms with van der Waals surface area (Å²) >= 11 is 16.8. The first-order valence-electron chi connectivity index (χ1n) is 5.63. The Bertz CT molecular complexity index is 708. The summed E-state index contributed by atoms with van der Waals surface area (Å²) in [6, 6.07) is 4.98. The number of halogens is 2. The SMILES string of the molecule is Cc1nn(C(N)=S)c(C)c1N=Nc1cc(Cl)ccc1Cl. The molecular formula is C12H11Cl2N5S. The highest BCUT2D eigenvalue weighted by molar-refractivity contribution is 7.80. The highest BCUT2D eigenvalue weighted by Gasteiger charge is 2.12. The Kier molecular flexibility index (Phi) is 4.37. The van der Waals surface area contributed by atoms with Gasteiger partial charge in [-0.1, -0.05) is 23.2 Å². The number of thiocarbonyl (C=S) groups is 1. The van der Waals surface area contributed by atoms with E-state index in [1.807, 2.05) is 6.92 Å². The number of rotatable bonds is 2. The molecule has 0 aliphatic carbocycles. The lowest BCUT2D eigenvalue weighted by Gasteiger charge is -1.99. The van der Waals surface area contributed by atoms with Gasteiger partial charge in [0.1, 0.15) is 11.4 Å². The molecule has 104 valence electrons. The molecule has 0 atom stereocenters. The quantitative estimate of drug-likeness (QED) is 0.659. The molecular weight excluding hydrogens is 317 g/mol. The average molecular weight is 328 g/mol. The number of benzene rings is 1. The fourth-order valence-electron chi connectivity index (χ4n) is 1.66. The lowest BCUT2D eigenvalue weighted by atomic mass is 10.3. The summed E-state index contributed by atoms with van der Waals surface area (Å²) in [7, 11) is 0. The predicted molar refractivity (Wildman–Crippen MR) is 84.5 cm³/mol. The van der Waals surface area contributed by atoms with Crippen LogP contribution in [0, 0.1) is 13.8 Å². The molecule has 0 saturated carbocycles. The molecule has 0 fully saturated rings. The zero-order chi connectivity index (χ0) is 14.9. The molecule has 0 aliphatic heterocycles. The van der Waals surface area contributed by atoms with Crippen molar-refractivity contribution in [3.63, 3.8) is 0 Å². The van der Waals surface area contributed by atoms with Crippen LogP contribution in [0.4, 0.5) is 11.4 Å². The van der Waals surface area contributed by atoms with Crippen molar-refractivity contribution in [3.05, 3.63) is 39.6 Å². The topological polar surface area (TPSA) is 68.6 Å². The maximum atomic E-state index is 6.02. The lowest BCUT2D eigenvalue weighted by molar-refractivity contribution is 0.886. The normalized spacial score (nSPS) is 11.2. The van der Waals surface area contributed by atoms with Crippen LogP contribution in [0.5, 0.6) is 0 Å². The van der Waals surface area contributed by atoms with Crippen LogP contribution in [-0.2, 0) is 0 Å². The van der Waals surface area contributed by atoms with Crippen LogP contribution in [0.15, 0.2) is 28.4 Å². The van der Waals surface area contributed by atoms with Gasteiger partial charge >= 0.3 is 0 Å². The zero-order valence-corrected chi connectivity index (χ0v) is 13.1. The minimum atomic E-state index is 0.160. The van der Waals surface area contributed by atoms with E-state index >= 15 is 0 Å². The predicted octanol–water partition coefficient (Wildman–Crippen LogP) is 4.31. The number of aryl methyl sites for hydroxylation is 1. The summed E-state index contributed by atoms with van der Waals surface area (Å²) in [4.78, 5) is 0. The molecule has 0 spiro atoms. The summed E-state index contributed by atoms with van der Waals surface area (Å²) in [5, 5.41) is 13.6. The maximum absolute atomic E-state index is 6.02. The molecule has 0 bridgehead atoms. The number of nitrogens with zero attached hydrogens (tertiary/aromatic N) is 4. The third-order valence-electron chi connectivity index (χ3n) is 2.63. The first-order chi connectivity index (χ1) is 9.40. The van der Waals surface area contributed by atoms with Crippen molar-refractivity contribution in [2.75, 3.05) is 0 Å². The molecule has 2 N–H and O–H groups in total. The molecule has 0 unspecified atom stereocenters. The minimum absolute atomic E-state index is 0.160. The number of azo groups is 1. The molecule has 0 radical (unpaired) electrons. The minimum Gasteiger partial charge on any atom is -0.374 e. The average Bonchev–Trinajstić information content (AvgIpc) is 2.67. The smallest absolute Gasteiger partial charge is 0.191 e. The zero-order valence-electron chi connectivity index (χ0n) is 10.8. The van der Waals surface area contributed by atoms with Crippen LogP contribution in [0.25, 0.3) is 0 Å². The van der Waals surface area contributed by atoms with E-state index in [1.54, 1.807) is 25.1 Å². The second-order valence-corrected chi connectivity index (χ2v) is 5.33. The van der Waals surface area contributed by atoms with Crippen molar-refractivity contribution in [1.82, 2.24) is 9.78 Å².